The lowest BCUT2D eigenvalue weighted by atomic mass is 10.2. The molecule has 0 aliphatic carbocycles. The van der Waals surface area contributed by atoms with Gasteiger partial charge in [-0.15, -0.1) is 0 Å². The van der Waals surface area contributed by atoms with E-state index >= 15 is 0 Å². The van der Waals surface area contributed by atoms with E-state index in [4.69, 9.17) is 34.8 Å². The summed E-state index contributed by atoms with van der Waals surface area (Å²) in [5.41, 5.74) is 3.08. The SMILES string of the molecule is Cc1ccc(NP(=O)(/C=C(\Cl)c2ccccc2)/C=C(/Cl)c2ccccc2)cc1Cl. The van der Waals surface area contributed by atoms with E-state index in [0.29, 0.717) is 20.8 Å². The van der Waals surface area contributed by atoms with Gasteiger partial charge in [-0.2, -0.15) is 0 Å². The lowest BCUT2D eigenvalue weighted by Gasteiger charge is -2.16. The zero-order valence-electron chi connectivity index (χ0n) is 15.6. The molecule has 2 nitrogen and oxygen atoms in total. The van der Waals surface area contributed by atoms with Gasteiger partial charge in [0.05, 0.1) is 10.1 Å². The molecule has 3 aromatic carbocycles. The van der Waals surface area contributed by atoms with Gasteiger partial charge < -0.3 is 5.09 Å². The van der Waals surface area contributed by atoms with Gasteiger partial charge in [0.2, 0.25) is 7.29 Å². The molecule has 0 heterocycles. The number of hydrogen-bond acceptors (Lipinski definition) is 1. The number of rotatable bonds is 6. The molecule has 148 valence electrons. The van der Waals surface area contributed by atoms with Crippen LogP contribution in [0, 0.1) is 6.92 Å². The minimum Gasteiger partial charge on any atom is -0.330 e. The molecule has 0 aliphatic heterocycles. The van der Waals surface area contributed by atoms with Crippen molar-refractivity contribution < 1.29 is 4.57 Å². The van der Waals surface area contributed by atoms with E-state index in [9.17, 15) is 4.57 Å². The first-order valence-electron chi connectivity index (χ1n) is 8.88. The molecule has 1 unspecified atom stereocenters. The molecule has 29 heavy (non-hydrogen) atoms. The van der Waals surface area contributed by atoms with Crippen molar-refractivity contribution in [2.45, 2.75) is 6.92 Å². The van der Waals surface area contributed by atoms with Crippen molar-refractivity contribution in [2.75, 3.05) is 5.09 Å². The smallest absolute Gasteiger partial charge is 0.216 e. The Labute approximate surface area is 186 Å². The zero-order valence-corrected chi connectivity index (χ0v) is 18.8. The molecule has 1 N–H and O–H groups in total. The summed E-state index contributed by atoms with van der Waals surface area (Å²) in [6.07, 6.45) is 0. The fourth-order valence-electron chi connectivity index (χ4n) is 2.65. The van der Waals surface area contributed by atoms with Crippen LogP contribution in [0.3, 0.4) is 0 Å². The van der Waals surface area contributed by atoms with Crippen LogP contribution >= 0.6 is 42.1 Å². The van der Waals surface area contributed by atoms with Crippen molar-refractivity contribution in [3.63, 3.8) is 0 Å². The zero-order chi connectivity index (χ0) is 20.9. The molecule has 3 aromatic rings. The van der Waals surface area contributed by atoms with Gasteiger partial charge in [0.1, 0.15) is 0 Å². The Bertz CT molecular complexity index is 1040. The standard InChI is InChI=1S/C23H19Cl3NOP/c1-17-12-13-20(14-21(17)24)27-29(28,15-22(25)18-8-4-2-5-9-18)16-23(26)19-10-6-3-7-11-19/h2-16H,1H3,(H,27,28)/b22-15-,23-16+. The summed E-state index contributed by atoms with van der Waals surface area (Å²) < 4.78 is 13.9. The molecule has 0 bridgehead atoms. The summed E-state index contributed by atoms with van der Waals surface area (Å²) >= 11 is 19.2. The third-order valence-electron chi connectivity index (χ3n) is 4.19. The highest BCUT2D eigenvalue weighted by Crippen LogP contribution is 2.53. The molecule has 0 saturated heterocycles. The molecular weight excluding hydrogens is 444 g/mol. The number of benzene rings is 3. The van der Waals surface area contributed by atoms with Crippen LogP contribution in [0.15, 0.2) is 90.5 Å². The summed E-state index contributed by atoms with van der Waals surface area (Å²) in [5, 5.41) is 4.39. The molecule has 1 atom stereocenters. The van der Waals surface area contributed by atoms with E-state index in [1.807, 2.05) is 79.7 Å². The second-order valence-electron chi connectivity index (χ2n) is 6.47. The largest absolute Gasteiger partial charge is 0.330 e. The van der Waals surface area contributed by atoms with Gasteiger partial charge in [0.15, 0.2) is 0 Å². The van der Waals surface area contributed by atoms with Crippen molar-refractivity contribution in [3.05, 3.63) is 112 Å². The topological polar surface area (TPSA) is 29.1 Å². The molecular formula is C23H19Cl3NOP. The third-order valence-corrected chi connectivity index (χ3v) is 7.44. The van der Waals surface area contributed by atoms with Crippen molar-refractivity contribution in [2.24, 2.45) is 0 Å². The van der Waals surface area contributed by atoms with Crippen LogP contribution in [0.2, 0.25) is 5.02 Å². The van der Waals surface area contributed by atoms with E-state index in [0.717, 1.165) is 16.7 Å². The summed E-state index contributed by atoms with van der Waals surface area (Å²) in [5.74, 6) is 3.03. The highest BCUT2D eigenvalue weighted by atomic mass is 35.5. The molecule has 3 rings (SSSR count). The van der Waals surface area contributed by atoms with Gasteiger partial charge in [0, 0.05) is 22.3 Å². The Morgan fingerprint density at radius 1 is 0.828 bits per heavy atom. The maximum absolute atomic E-state index is 13.9. The van der Waals surface area contributed by atoms with Crippen molar-refractivity contribution in [1.82, 2.24) is 0 Å². The summed E-state index contributed by atoms with van der Waals surface area (Å²) in [6.45, 7) is 1.91. The monoisotopic (exact) mass is 461 g/mol. The van der Waals surface area contributed by atoms with Crippen LogP contribution < -0.4 is 5.09 Å². The molecule has 0 aliphatic rings. The average molecular weight is 463 g/mol. The first kappa shape index (κ1) is 21.7. The van der Waals surface area contributed by atoms with Crippen LogP contribution in [0.1, 0.15) is 16.7 Å². The molecule has 0 radical (unpaired) electrons. The van der Waals surface area contributed by atoms with Crippen LogP contribution in [-0.2, 0) is 4.57 Å². The van der Waals surface area contributed by atoms with Crippen molar-refractivity contribution >= 4 is 57.8 Å². The molecule has 6 heteroatoms. The highest BCUT2D eigenvalue weighted by molar-refractivity contribution is 7.72. The molecule has 0 amide bonds. The van der Waals surface area contributed by atoms with Gasteiger partial charge in [-0.3, -0.25) is 4.57 Å². The Balaban J connectivity index is 2.05. The Morgan fingerprint density at radius 2 is 1.31 bits per heavy atom. The molecule has 0 saturated carbocycles. The number of hydrogen-bond donors (Lipinski definition) is 1. The second-order valence-corrected chi connectivity index (χ2v) is 9.85. The van der Waals surface area contributed by atoms with Gasteiger partial charge in [-0.1, -0.05) is 102 Å². The van der Waals surface area contributed by atoms with E-state index < -0.39 is 7.29 Å². The fraction of sp³-hybridized carbons (Fsp3) is 0.0435. The van der Waals surface area contributed by atoms with Crippen LogP contribution in [0.25, 0.3) is 10.1 Å². The number of halogens is 3. The lowest BCUT2D eigenvalue weighted by molar-refractivity contribution is 0.589. The van der Waals surface area contributed by atoms with E-state index in [-0.39, 0.29) is 0 Å². The molecule has 0 spiro atoms. The normalized spacial score (nSPS) is 14.3. The maximum Gasteiger partial charge on any atom is 0.216 e. The average Bonchev–Trinajstić information content (AvgIpc) is 2.72. The van der Waals surface area contributed by atoms with Crippen molar-refractivity contribution in [1.29, 1.82) is 0 Å². The fourth-order valence-corrected chi connectivity index (χ4v) is 5.67. The van der Waals surface area contributed by atoms with Gasteiger partial charge in [-0.25, -0.2) is 0 Å². The predicted molar refractivity (Wildman–Crippen MR) is 128 cm³/mol. The van der Waals surface area contributed by atoms with Gasteiger partial charge >= 0.3 is 0 Å². The Morgan fingerprint density at radius 3 is 1.76 bits per heavy atom. The van der Waals surface area contributed by atoms with Gasteiger partial charge in [0.25, 0.3) is 0 Å². The van der Waals surface area contributed by atoms with Crippen LogP contribution in [-0.4, -0.2) is 0 Å². The first-order valence-corrected chi connectivity index (χ1v) is 11.9. The molecule has 0 aromatic heterocycles. The second kappa shape index (κ2) is 9.69. The van der Waals surface area contributed by atoms with Crippen LogP contribution in [0.5, 0.6) is 0 Å². The number of nitrogens with one attached hydrogen (secondary N) is 1. The van der Waals surface area contributed by atoms with Gasteiger partial charge in [-0.05, 0) is 35.7 Å². The van der Waals surface area contributed by atoms with E-state index in [2.05, 4.69) is 5.09 Å². The Kier molecular flexibility index (Phi) is 7.27. The maximum atomic E-state index is 13.9. The van der Waals surface area contributed by atoms with Crippen LogP contribution in [0.4, 0.5) is 5.69 Å². The first-order chi connectivity index (χ1) is 13.9. The number of anilines is 1. The third kappa shape index (κ3) is 6.01. The molecule has 0 fully saturated rings. The van der Waals surface area contributed by atoms with E-state index in [1.165, 1.54) is 11.6 Å². The summed E-state index contributed by atoms with van der Waals surface area (Å²) in [7, 11) is -3.32. The summed E-state index contributed by atoms with van der Waals surface area (Å²) in [6, 6.07) is 24.1. The quantitative estimate of drug-likeness (QED) is 0.371. The minimum absolute atomic E-state index is 0.369. The summed E-state index contributed by atoms with van der Waals surface area (Å²) in [4.78, 5) is 0. The van der Waals surface area contributed by atoms with Crippen molar-refractivity contribution in [3.8, 4) is 0 Å². The predicted octanol–water partition coefficient (Wildman–Crippen LogP) is 8.81. The Hall–Kier alpha value is -1.96. The lowest BCUT2D eigenvalue weighted by Crippen LogP contribution is -1.94. The van der Waals surface area contributed by atoms with E-state index in [1.54, 1.807) is 6.07 Å². The highest BCUT2D eigenvalue weighted by Gasteiger charge is 2.20. The minimum atomic E-state index is -3.32. The number of aryl methyl sites for hydroxylation is 1.